The summed E-state index contributed by atoms with van der Waals surface area (Å²) in [5, 5.41) is 8.93. The lowest BCUT2D eigenvalue weighted by molar-refractivity contribution is 0.0694. The number of halogens is 1. The van der Waals surface area contributed by atoms with Crippen LogP contribution in [0.2, 0.25) is 0 Å². The zero-order valence-corrected chi connectivity index (χ0v) is 11.0. The smallest absolute Gasteiger partial charge is 0.341 e. The number of hydrogen-bond acceptors (Lipinski definition) is 2. The number of pyridine rings is 1. The van der Waals surface area contributed by atoms with Gasteiger partial charge in [0.1, 0.15) is 5.56 Å². The molecule has 4 nitrogen and oxygen atoms in total. The Morgan fingerprint density at radius 2 is 2.19 bits per heavy atom. The molecule has 0 aliphatic heterocycles. The quantitative estimate of drug-likeness (QED) is 0.930. The summed E-state index contributed by atoms with van der Waals surface area (Å²) in [7, 11) is 0. The minimum Gasteiger partial charge on any atom is -0.477 e. The average Bonchev–Trinajstić information content (AvgIpc) is 2.25. The van der Waals surface area contributed by atoms with E-state index in [1.165, 1.54) is 6.20 Å². The Hall–Kier alpha value is -1.10. The van der Waals surface area contributed by atoms with Gasteiger partial charge in [-0.15, -0.1) is 0 Å². The Kier molecular flexibility index (Phi) is 3.91. The van der Waals surface area contributed by atoms with Gasteiger partial charge in [-0.3, -0.25) is 4.79 Å². The fourth-order valence-electron chi connectivity index (χ4n) is 1.50. The number of hydrogen-bond donors (Lipinski definition) is 1. The molecule has 0 aromatic carbocycles. The third-order valence-corrected chi connectivity index (χ3v) is 3.65. The summed E-state index contributed by atoms with van der Waals surface area (Å²) in [5.74, 6) is -1.19. The van der Waals surface area contributed by atoms with E-state index in [0.29, 0.717) is 4.47 Å². The number of nitrogens with zero attached hydrogens (tertiary/aromatic N) is 1. The highest BCUT2D eigenvalue weighted by Crippen LogP contribution is 2.19. The first-order chi connectivity index (χ1) is 7.40. The van der Waals surface area contributed by atoms with E-state index in [0.717, 1.165) is 12.1 Å². The first kappa shape index (κ1) is 13.0. The molecule has 1 rings (SSSR count). The number of carboxylic acids is 1. The number of rotatable bonds is 3. The lowest BCUT2D eigenvalue weighted by Crippen LogP contribution is -2.22. The van der Waals surface area contributed by atoms with Crippen molar-refractivity contribution in [1.29, 1.82) is 0 Å². The van der Waals surface area contributed by atoms with Gasteiger partial charge in [0, 0.05) is 17.9 Å². The van der Waals surface area contributed by atoms with Gasteiger partial charge in [0.05, 0.1) is 4.47 Å². The first-order valence-corrected chi connectivity index (χ1v) is 5.84. The maximum atomic E-state index is 11.7. The van der Waals surface area contributed by atoms with Crippen LogP contribution in [-0.2, 0) is 0 Å². The van der Waals surface area contributed by atoms with Crippen LogP contribution in [0.4, 0.5) is 0 Å². The van der Waals surface area contributed by atoms with E-state index >= 15 is 0 Å². The van der Waals surface area contributed by atoms with Crippen molar-refractivity contribution in [2.75, 3.05) is 0 Å². The molecule has 0 saturated heterocycles. The van der Waals surface area contributed by atoms with E-state index in [4.69, 9.17) is 5.11 Å². The van der Waals surface area contributed by atoms with Gasteiger partial charge in [-0.2, -0.15) is 0 Å². The standard InChI is InChI=1S/C11H14BrNO3/c1-4-6(2)13-5-8(11(15)16)10(14)9(12)7(13)3/h5-6H,4H2,1-3H3,(H,15,16)/t6-/m0/s1. The molecule has 0 aliphatic carbocycles. The van der Waals surface area contributed by atoms with Crippen LogP contribution >= 0.6 is 15.9 Å². The summed E-state index contributed by atoms with van der Waals surface area (Å²) in [6.07, 6.45) is 2.29. The molecule has 0 amide bonds. The third kappa shape index (κ3) is 2.19. The fourth-order valence-corrected chi connectivity index (χ4v) is 1.92. The van der Waals surface area contributed by atoms with Gasteiger partial charge in [0.2, 0.25) is 5.43 Å². The van der Waals surface area contributed by atoms with Crippen LogP contribution in [0.5, 0.6) is 0 Å². The summed E-state index contributed by atoms with van der Waals surface area (Å²) >= 11 is 3.15. The highest BCUT2D eigenvalue weighted by molar-refractivity contribution is 9.10. The molecule has 1 atom stereocenters. The number of aromatic carboxylic acids is 1. The Balaban J connectivity index is 3.53. The summed E-state index contributed by atoms with van der Waals surface area (Å²) in [5.41, 5.74) is 0.0895. The molecule has 0 spiro atoms. The lowest BCUT2D eigenvalue weighted by Gasteiger charge is -2.19. The molecule has 0 saturated carbocycles. The van der Waals surface area contributed by atoms with Gasteiger partial charge in [0.25, 0.3) is 0 Å². The van der Waals surface area contributed by atoms with Crippen molar-refractivity contribution in [2.24, 2.45) is 0 Å². The van der Waals surface area contributed by atoms with Gasteiger partial charge in [-0.25, -0.2) is 4.79 Å². The Bertz CT molecular complexity index is 479. The van der Waals surface area contributed by atoms with E-state index in [1.807, 2.05) is 18.4 Å². The van der Waals surface area contributed by atoms with Gasteiger partial charge in [-0.05, 0) is 36.2 Å². The van der Waals surface area contributed by atoms with E-state index in [9.17, 15) is 9.59 Å². The molecule has 0 unspecified atom stereocenters. The van der Waals surface area contributed by atoms with Crippen molar-refractivity contribution in [1.82, 2.24) is 4.57 Å². The average molecular weight is 288 g/mol. The van der Waals surface area contributed by atoms with Gasteiger partial charge >= 0.3 is 5.97 Å². The van der Waals surface area contributed by atoms with Gasteiger partial charge in [-0.1, -0.05) is 6.92 Å². The zero-order chi connectivity index (χ0) is 12.5. The van der Waals surface area contributed by atoms with E-state index in [2.05, 4.69) is 15.9 Å². The second kappa shape index (κ2) is 4.82. The van der Waals surface area contributed by atoms with Crippen LogP contribution < -0.4 is 5.43 Å². The monoisotopic (exact) mass is 287 g/mol. The van der Waals surface area contributed by atoms with Crippen molar-refractivity contribution < 1.29 is 9.90 Å². The SMILES string of the molecule is CC[C@H](C)n1cc(C(=O)O)c(=O)c(Br)c1C. The summed E-state index contributed by atoms with van der Waals surface area (Å²) in [6.45, 7) is 5.79. The Morgan fingerprint density at radius 1 is 1.62 bits per heavy atom. The molecule has 1 N–H and O–H groups in total. The summed E-state index contributed by atoms with van der Waals surface area (Å²) < 4.78 is 2.14. The second-order valence-corrected chi connectivity index (χ2v) is 4.53. The Morgan fingerprint density at radius 3 is 2.62 bits per heavy atom. The fraction of sp³-hybridized carbons (Fsp3) is 0.455. The Labute approximate surface area is 102 Å². The molecule has 0 bridgehead atoms. The summed E-state index contributed by atoms with van der Waals surface area (Å²) in [4.78, 5) is 22.6. The molecule has 0 fully saturated rings. The molecule has 0 radical (unpaired) electrons. The maximum absolute atomic E-state index is 11.7. The van der Waals surface area contributed by atoms with Crippen LogP contribution in [0.15, 0.2) is 15.5 Å². The van der Waals surface area contributed by atoms with Crippen LogP contribution in [0.1, 0.15) is 42.4 Å². The molecular weight excluding hydrogens is 274 g/mol. The molecule has 1 aromatic rings. The zero-order valence-electron chi connectivity index (χ0n) is 9.45. The van der Waals surface area contributed by atoms with Crippen molar-refractivity contribution >= 4 is 21.9 Å². The number of aromatic nitrogens is 1. The summed E-state index contributed by atoms with van der Waals surface area (Å²) in [6, 6.07) is 0.162. The van der Waals surface area contributed by atoms with Crippen molar-refractivity contribution in [3.8, 4) is 0 Å². The molecule has 1 heterocycles. The highest BCUT2D eigenvalue weighted by Gasteiger charge is 2.17. The second-order valence-electron chi connectivity index (χ2n) is 3.74. The van der Waals surface area contributed by atoms with E-state index in [-0.39, 0.29) is 11.6 Å². The van der Waals surface area contributed by atoms with Crippen molar-refractivity contribution in [3.63, 3.8) is 0 Å². The topological polar surface area (TPSA) is 59.3 Å². The van der Waals surface area contributed by atoms with Gasteiger partial charge < -0.3 is 9.67 Å². The molecular formula is C11H14BrNO3. The first-order valence-electron chi connectivity index (χ1n) is 5.04. The lowest BCUT2D eigenvalue weighted by atomic mass is 10.2. The normalized spacial score (nSPS) is 12.5. The minimum atomic E-state index is -1.19. The molecule has 0 aliphatic rings. The van der Waals surface area contributed by atoms with Crippen LogP contribution in [0.3, 0.4) is 0 Å². The van der Waals surface area contributed by atoms with Crippen LogP contribution in [0, 0.1) is 6.92 Å². The molecule has 1 aromatic heterocycles. The maximum Gasteiger partial charge on any atom is 0.341 e. The van der Waals surface area contributed by atoms with Crippen molar-refractivity contribution in [2.45, 2.75) is 33.2 Å². The minimum absolute atomic E-state index is 0.162. The van der Waals surface area contributed by atoms with Crippen LogP contribution in [-0.4, -0.2) is 15.6 Å². The molecule has 5 heteroatoms. The van der Waals surface area contributed by atoms with E-state index < -0.39 is 11.4 Å². The predicted molar refractivity (Wildman–Crippen MR) is 65.1 cm³/mol. The number of carboxylic acid groups (broad SMARTS) is 1. The number of carbonyl (C=O) groups is 1. The van der Waals surface area contributed by atoms with Gasteiger partial charge in [0.15, 0.2) is 0 Å². The van der Waals surface area contributed by atoms with Crippen molar-refractivity contribution in [3.05, 3.63) is 32.2 Å². The molecule has 88 valence electrons. The molecule has 16 heavy (non-hydrogen) atoms. The van der Waals surface area contributed by atoms with Crippen LogP contribution in [0.25, 0.3) is 0 Å². The largest absolute Gasteiger partial charge is 0.477 e. The predicted octanol–water partition coefficient (Wildman–Crippen LogP) is 2.59. The highest BCUT2D eigenvalue weighted by atomic mass is 79.9. The third-order valence-electron chi connectivity index (χ3n) is 2.71. The van der Waals surface area contributed by atoms with E-state index in [1.54, 1.807) is 6.92 Å².